The third kappa shape index (κ3) is 60.4. The van der Waals surface area contributed by atoms with E-state index in [4.69, 9.17) is 14.2 Å². The maximum atomic E-state index is 12.9. The van der Waals surface area contributed by atoms with Gasteiger partial charge in [-0.05, 0) is 57.8 Å². The van der Waals surface area contributed by atoms with Gasteiger partial charge < -0.3 is 14.2 Å². The maximum absolute atomic E-state index is 12.9. The van der Waals surface area contributed by atoms with Crippen molar-refractivity contribution in [2.75, 3.05) is 13.2 Å². The van der Waals surface area contributed by atoms with Gasteiger partial charge in [0.2, 0.25) is 0 Å². The summed E-state index contributed by atoms with van der Waals surface area (Å²) >= 11 is 0. The summed E-state index contributed by atoms with van der Waals surface area (Å²) in [7, 11) is 0. The summed E-state index contributed by atoms with van der Waals surface area (Å²) in [5.74, 6) is -0.869. The summed E-state index contributed by atoms with van der Waals surface area (Å²) in [4.78, 5) is 38.1. The summed E-state index contributed by atoms with van der Waals surface area (Å²) in [5.41, 5.74) is 0. The number of unbranched alkanes of at least 4 members (excludes halogenated alkanes) is 43. The first-order valence-electron chi connectivity index (χ1n) is 32.5. The van der Waals surface area contributed by atoms with E-state index < -0.39 is 6.10 Å². The second kappa shape index (κ2) is 62.2. The fourth-order valence-electron chi connectivity index (χ4n) is 9.75. The summed E-state index contributed by atoms with van der Waals surface area (Å²) in [6.45, 7) is 6.63. The van der Waals surface area contributed by atoms with Crippen LogP contribution in [-0.4, -0.2) is 37.2 Å². The van der Waals surface area contributed by atoms with E-state index in [9.17, 15) is 14.4 Å². The molecule has 0 bridgehead atoms. The van der Waals surface area contributed by atoms with Crippen LogP contribution in [0.25, 0.3) is 0 Å². The highest BCUT2D eigenvalue weighted by Crippen LogP contribution is 2.18. The van der Waals surface area contributed by atoms with Crippen LogP contribution in [0.2, 0.25) is 0 Å². The van der Waals surface area contributed by atoms with E-state index in [0.29, 0.717) is 19.3 Å². The van der Waals surface area contributed by atoms with Crippen molar-refractivity contribution in [2.24, 2.45) is 0 Å². The van der Waals surface area contributed by atoms with Crippen molar-refractivity contribution in [3.05, 3.63) is 36.5 Å². The molecule has 6 heteroatoms. The normalized spacial score (nSPS) is 12.2. The minimum Gasteiger partial charge on any atom is -0.462 e. The lowest BCUT2D eigenvalue weighted by molar-refractivity contribution is -0.167. The molecule has 0 fully saturated rings. The van der Waals surface area contributed by atoms with E-state index in [-0.39, 0.29) is 31.1 Å². The largest absolute Gasteiger partial charge is 0.462 e. The van der Waals surface area contributed by atoms with Crippen LogP contribution in [0.15, 0.2) is 36.5 Å². The monoisotopic (exact) mass is 1020 g/mol. The summed E-state index contributed by atoms with van der Waals surface area (Å²) in [6.07, 6.45) is 76.1. The van der Waals surface area contributed by atoms with Crippen LogP contribution in [0.5, 0.6) is 0 Å². The molecule has 1 atom stereocenters. The minimum absolute atomic E-state index is 0.0730. The van der Waals surface area contributed by atoms with Gasteiger partial charge in [-0.1, -0.05) is 314 Å². The van der Waals surface area contributed by atoms with Gasteiger partial charge >= 0.3 is 17.9 Å². The van der Waals surface area contributed by atoms with Crippen molar-refractivity contribution in [2.45, 2.75) is 361 Å². The maximum Gasteiger partial charge on any atom is 0.306 e. The molecule has 0 heterocycles. The molecule has 73 heavy (non-hydrogen) atoms. The number of rotatable bonds is 60. The molecule has 0 aliphatic rings. The Hall–Kier alpha value is -2.37. The van der Waals surface area contributed by atoms with E-state index in [1.165, 1.54) is 238 Å². The van der Waals surface area contributed by atoms with Crippen LogP contribution < -0.4 is 0 Å². The van der Waals surface area contributed by atoms with Crippen LogP contribution in [0.3, 0.4) is 0 Å². The molecule has 0 radical (unpaired) electrons. The number of carbonyl (C=O) groups excluding carboxylic acids is 3. The molecule has 0 spiro atoms. The Morgan fingerprint density at radius 2 is 0.493 bits per heavy atom. The molecule has 0 aliphatic heterocycles. The smallest absolute Gasteiger partial charge is 0.306 e. The molecule has 0 rings (SSSR count). The topological polar surface area (TPSA) is 78.9 Å². The van der Waals surface area contributed by atoms with Crippen molar-refractivity contribution >= 4 is 17.9 Å². The van der Waals surface area contributed by atoms with Crippen molar-refractivity contribution < 1.29 is 28.6 Å². The number of allylic oxidation sites excluding steroid dienone is 6. The SMILES string of the molecule is CCCCC/C=C\C/C=C\C/C=C\CCCCCCCCC(=O)OC(COC(=O)CCCCCCCCCC)COC(=O)CCCCCCCCCCCCCCCCCCCCCCCCCCCCCC. The zero-order chi connectivity index (χ0) is 52.9. The molecular formula is C67H124O6. The Balaban J connectivity index is 4.09. The van der Waals surface area contributed by atoms with Crippen LogP contribution in [0.4, 0.5) is 0 Å². The molecule has 428 valence electrons. The predicted molar refractivity (Wildman–Crippen MR) is 316 cm³/mol. The number of carbonyl (C=O) groups is 3. The van der Waals surface area contributed by atoms with E-state index in [1.54, 1.807) is 0 Å². The van der Waals surface area contributed by atoms with Crippen molar-refractivity contribution in [1.29, 1.82) is 0 Å². The Bertz CT molecular complexity index is 1220. The predicted octanol–water partition coefficient (Wildman–Crippen LogP) is 22.0. The molecule has 0 N–H and O–H groups in total. The van der Waals surface area contributed by atoms with Gasteiger partial charge in [-0.25, -0.2) is 0 Å². The van der Waals surface area contributed by atoms with Gasteiger partial charge in [0.05, 0.1) is 0 Å². The second-order valence-electron chi connectivity index (χ2n) is 22.0. The zero-order valence-corrected chi connectivity index (χ0v) is 49.2. The fraction of sp³-hybridized carbons (Fsp3) is 0.866. The minimum atomic E-state index is -0.775. The van der Waals surface area contributed by atoms with Crippen LogP contribution in [0, 0.1) is 0 Å². The molecule has 0 saturated heterocycles. The van der Waals surface area contributed by atoms with Crippen LogP contribution in [0.1, 0.15) is 355 Å². The van der Waals surface area contributed by atoms with Gasteiger partial charge in [-0.15, -0.1) is 0 Å². The molecule has 0 amide bonds. The Kier molecular flexibility index (Phi) is 60.2. The quantitative estimate of drug-likeness (QED) is 0.0261. The summed E-state index contributed by atoms with van der Waals surface area (Å²) in [5, 5.41) is 0. The zero-order valence-electron chi connectivity index (χ0n) is 49.2. The molecule has 0 aromatic rings. The van der Waals surface area contributed by atoms with E-state index in [2.05, 4.69) is 57.2 Å². The summed E-state index contributed by atoms with van der Waals surface area (Å²) in [6, 6.07) is 0. The highest BCUT2D eigenvalue weighted by atomic mass is 16.6. The van der Waals surface area contributed by atoms with Gasteiger partial charge in [0, 0.05) is 19.3 Å². The number of ether oxygens (including phenoxy) is 3. The summed E-state index contributed by atoms with van der Waals surface area (Å²) < 4.78 is 16.9. The number of hydrogen-bond acceptors (Lipinski definition) is 6. The lowest BCUT2D eigenvalue weighted by atomic mass is 10.0. The molecule has 6 nitrogen and oxygen atoms in total. The van der Waals surface area contributed by atoms with E-state index in [1.807, 2.05) is 0 Å². The van der Waals surface area contributed by atoms with Crippen molar-refractivity contribution in [3.8, 4) is 0 Å². The van der Waals surface area contributed by atoms with Gasteiger partial charge in [-0.3, -0.25) is 14.4 Å². The lowest BCUT2D eigenvalue weighted by Crippen LogP contribution is -2.30. The molecule has 0 saturated carbocycles. The van der Waals surface area contributed by atoms with Crippen LogP contribution in [-0.2, 0) is 28.6 Å². The highest BCUT2D eigenvalue weighted by Gasteiger charge is 2.19. The highest BCUT2D eigenvalue weighted by molar-refractivity contribution is 5.71. The van der Waals surface area contributed by atoms with E-state index >= 15 is 0 Å². The lowest BCUT2D eigenvalue weighted by Gasteiger charge is -2.18. The first-order chi connectivity index (χ1) is 36.0. The van der Waals surface area contributed by atoms with Gasteiger partial charge in [-0.2, -0.15) is 0 Å². The first-order valence-corrected chi connectivity index (χ1v) is 32.5. The van der Waals surface area contributed by atoms with E-state index in [0.717, 1.165) is 77.0 Å². The first kappa shape index (κ1) is 70.6. The third-order valence-electron chi connectivity index (χ3n) is 14.6. The van der Waals surface area contributed by atoms with Crippen molar-refractivity contribution in [3.63, 3.8) is 0 Å². The Labute approximate surface area is 455 Å². The second-order valence-corrected chi connectivity index (χ2v) is 22.0. The van der Waals surface area contributed by atoms with Gasteiger partial charge in [0.1, 0.15) is 13.2 Å². The molecule has 1 unspecified atom stereocenters. The molecule has 0 aliphatic carbocycles. The standard InChI is InChI=1S/C67H124O6/c1-4-7-10-13-16-19-21-23-25-27-29-30-31-32-33-34-35-36-37-39-40-42-44-46-48-51-54-57-60-66(69)72-63-64(62-71-65(68)59-56-53-50-18-15-12-9-6-3)73-67(70)61-58-55-52-49-47-45-43-41-38-28-26-24-22-20-17-14-11-8-5-2/h17,20,24,26,38,41,64H,4-16,18-19,21-23,25,27-37,39-40,42-63H2,1-3H3/b20-17-,26-24-,41-38-. The Morgan fingerprint density at radius 3 is 0.795 bits per heavy atom. The Morgan fingerprint density at radius 1 is 0.274 bits per heavy atom. The average molecular weight is 1030 g/mol. The molecule has 0 aromatic carbocycles. The van der Waals surface area contributed by atoms with Gasteiger partial charge in [0.25, 0.3) is 0 Å². The third-order valence-corrected chi connectivity index (χ3v) is 14.6. The van der Waals surface area contributed by atoms with Crippen molar-refractivity contribution in [1.82, 2.24) is 0 Å². The van der Waals surface area contributed by atoms with Gasteiger partial charge in [0.15, 0.2) is 6.10 Å². The average Bonchev–Trinajstić information content (AvgIpc) is 3.39. The van der Waals surface area contributed by atoms with Crippen LogP contribution >= 0.6 is 0 Å². The molecule has 0 aromatic heterocycles. The number of esters is 3. The fourth-order valence-corrected chi connectivity index (χ4v) is 9.75. The molecular weight excluding hydrogens is 901 g/mol. The number of hydrogen-bond donors (Lipinski definition) is 0.